The average molecular weight is 682 g/mol. The number of alkyl carbamates (subject to hydrolysis) is 1. The number of carboxylic acids is 1. The Balaban J connectivity index is 0.973. The van der Waals surface area contributed by atoms with Gasteiger partial charge in [0.2, 0.25) is 0 Å². The number of rotatable bonds is 11. The van der Waals surface area contributed by atoms with Gasteiger partial charge in [0.1, 0.15) is 18.8 Å². The SMILES string of the molecule is O=C(NCCNC(c1ccccc1)(c1ccccc1)c1ccccc1)O[C@@H]1C[C@@H](C(=O)O)N(C(=O)OCC2c3ccccc3-c3ccccc32)C1. The summed E-state index contributed by atoms with van der Waals surface area (Å²) in [7, 11) is 0. The number of hydrogen-bond donors (Lipinski definition) is 3. The topological polar surface area (TPSA) is 117 Å². The van der Waals surface area contributed by atoms with Crippen molar-refractivity contribution in [3.05, 3.63) is 167 Å². The molecule has 0 bridgehead atoms. The lowest BCUT2D eigenvalue weighted by Gasteiger charge is -2.37. The molecule has 1 saturated heterocycles. The van der Waals surface area contributed by atoms with Gasteiger partial charge in [0.05, 0.1) is 12.1 Å². The van der Waals surface area contributed by atoms with Gasteiger partial charge in [0.25, 0.3) is 0 Å². The number of hydrogen-bond acceptors (Lipinski definition) is 6. The van der Waals surface area contributed by atoms with Crippen LogP contribution in [0.2, 0.25) is 0 Å². The summed E-state index contributed by atoms with van der Waals surface area (Å²) in [6.45, 7) is 0.601. The molecule has 3 N–H and O–H groups in total. The van der Waals surface area contributed by atoms with E-state index in [0.29, 0.717) is 6.54 Å². The molecular weight excluding hydrogens is 642 g/mol. The Morgan fingerprint density at radius 3 is 1.69 bits per heavy atom. The molecule has 0 aromatic heterocycles. The Morgan fingerprint density at radius 2 is 1.18 bits per heavy atom. The summed E-state index contributed by atoms with van der Waals surface area (Å²) in [5.74, 6) is -1.35. The molecule has 2 atom stereocenters. The summed E-state index contributed by atoms with van der Waals surface area (Å²) in [4.78, 5) is 39.6. The van der Waals surface area contributed by atoms with E-state index in [9.17, 15) is 19.5 Å². The largest absolute Gasteiger partial charge is 0.480 e. The predicted octanol–water partition coefficient (Wildman–Crippen LogP) is 6.77. The van der Waals surface area contributed by atoms with Crippen molar-refractivity contribution in [1.29, 1.82) is 0 Å². The van der Waals surface area contributed by atoms with Gasteiger partial charge < -0.3 is 19.9 Å². The standard InChI is InChI=1S/C42H39N3O6/c46-39(47)38-26-32(27-45(38)41(49)50-28-37-35-22-12-10-20-33(35)34-21-11-13-23-36(34)37)51-40(48)43-24-25-44-42(29-14-4-1-5-15-29,30-16-6-2-7-17-30)31-18-8-3-9-19-31/h1-23,32,37-38,44H,24-28H2,(H,43,48)(H,46,47)/t32-,38+/m1/s1. The van der Waals surface area contributed by atoms with Gasteiger partial charge in [-0.05, 0) is 38.9 Å². The molecule has 5 aromatic carbocycles. The van der Waals surface area contributed by atoms with E-state index >= 15 is 0 Å². The molecule has 2 aliphatic rings. The third-order valence-corrected chi connectivity index (χ3v) is 9.80. The summed E-state index contributed by atoms with van der Waals surface area (Å²) in [6.07, 6.45) is -2.29. The second kappa shape index (κ2) is 14.9. The van der Waals surface area contributed by atoms with Crippen LogP contribution in [0.4, 0.5) is 9.59 Å². The van der Waals surface area contributed by atoms with Gasteiger partial charge >= 0.3 is 18.2 Å². The van der Waals surface area contributed by atoms with Crippen LogP contribution in [0.3, 0.4) is 0 Å². The fourth-order valence-electron chi connectivity index (χ4n) is 7.47. The van der Waals surface area contributed by atoms with E-state index in [0.717, 1.165) is 43.8 Å². The van der Waals surface area contributed by atoms with Gasteiger partial charge in [-0.2, -0.15) is 0 Å². The lowest BCUT2D eigenvalue weighted by atomic mass is 9.77. The average Bonchev–Trinajstić information content (AvgIpc) is 3.74. The Labute approximate surface area is 296 Å². The first-order chi connectivity index (χ1) is 25.0. The Hall–Kier alpha value is -5.93. The minimum atomic E-state index is -1.18. The van der Waals surface area contributed by atoms with Crippen LogP contribution in [-0.4, -0.2) is 66.5 Å². The van der Waals surface area contributed by atoms with Crippen molar-refractivity contribution in [2.75, 3.05) is 26.2 Å². The van der Waals surface area contributed by atoms with E-state index in [-0.39, 0.29) is 32.0 Å². The summed E-state index contributed by atoms with van der Waals surface area (Å²) in [6, 6.07) is 45.3. The Morgan fingerprint density at radius 1 is 0.686 bits per heavy atom. The number of carbonyl (C=O) groups is 3. The third kappa shape index (κ3) is 6.80. The highest BCUT2D eigenvalue weighted by molar-refractivity contribution is 5.82. The molecule has 1 aliphatic carbocycles. The first-order valence-corrected chi connectivity index (χ1v) is 17.2. The van der Waals surface area contributed by atoms with Crippen molar-refractivity contribution in [2.45, 2.75) is 30.0 Å². The number of benzene rings is 5. The van der Waals surface area contributed by atoms with Crippen molar-refractivity contribution in [2.24, 2.45) is 0 Å². The highest BCUT2D eigenvalue weighted by atomic mass is 16.6. The Kier molecular flexibility index (Phi) is 9.81. The van der Waals surface area contributed by atoms with E-state index in [2.05, 4.69) is 47.0 Å². The number of ether oxygens (including phenoxy) is 2. The molecule has 0 saturated carbocycles. The highest BCUT2D eigenvalue weighted by Gasteiger charge is 2.43. The van der Waals surface area contributed by atoms with Gasteiger partial charge in [-0.15, -0.1) is 0 Å². The van der Waals surface area contributed by atoms with E-state index in [1.807, 2.05) is 103 Å². The highest BCUT2D eigenvalue weighted by Crippen LogP contribution is 2.44. The molecular formula is C42H39N3O6. The summed E-state index contributed by atoms with van der Waals surface area (Å²) in [5.41, 5.74) is 6.75. The molecule has 1 heterocycles. The fraction of sp³-hybridized carbons (Fsp3) is 0.214. The maximum absolute atomic E-state index is 13.3. The van der Waals surface area contributed by atoms with Crippen LogP contribution in [0.1, 0.15) is 40.2 Å². The number of fused-ring (bicyclic) bond motifs is 3. The molecule has 0 spiro atoms. The number of nitrogens with one attached hydrogen (secondary N) is 2. The maximum Gasteiger partial charge on any atom is 0.410 e. The minimum absolute atomic E-state index is 0.0374. The predicted molar refractivity (Wildman–Crippen MR) is 193 cm³/mol. The van der Waals surface area contributed by atoms with Gasteiger partial charge in [-0.1, -0.05) is 140 Å². The monoisotopic (exact) mass is 681 g/mol. The molecule has 9 nitrogen and oxygen atoms in total. The molecule has 7 rings (SSSR count). The zero-order valence-corrected chi connectivity index (χ0v) is 28.0. The Bertz CT molecular complexity index is 1850. The number of nitrogens with zero attached hydrogens (tertiary/aromatic N) is 1. The van der Waals surface area contributed by atoms with Crippen molar-refractivity contribution >= 4 is 18.2 Å². The zero-order chi connectivity index (χ0) is 35.2. The van der Waals surface area contributed by atoms with Crippen LogP contribution in [0, 0.1) is 0 Å². The van der Waals surface area contributed by atoms with Crippen LogP contribution >= 0.6 is 0 Å². The first kappa shape index (κ1) is 33.6. The summed E-state index contributed by atoms with van der Waals surface area (Å²) >= 11 is 0. The third-order valence-electron chi connectivity index (χ3n) is 9.80. The van der Waals surface area contributed by atoms with Gasteiger partial charge in [0.15, 0.2) is 0 Å². The number of amides is 2. The number of carboxylic acid groups (broad SMARTS) is 1. The van der Waals surface area contributed by atoms with Gasteiger partial charge in [0, 0.05) is 25.4 Å². The van der Waals surface area contributed by atoms with Crippen LogP contribution < -0.4 is 10.6 Å². The van der Waals surface area contributed by atoms with Crippen molar-refractivity contribution in [3.8, 4) is 11.1 Å². The van der Waals surface area contributed by atoms with E-state index in [1.54, 1.807) is 0 Å². The smallest absolute Gasteiger partial charge is 0.410 e. The molecule has 258 valence electrons. The number of carbonyl (C=O) groups excluding carboxylic acids is 2. The van der Waals surface area contributed by atoms with E-state index in [1.165, 1.54) is 0 Å². The van der Waals surface area contributed by atoms with Crippen molar-refractivity contribution < 1.29 is 29.0 Å². The molecule has 1 fully saturated rings. The molecule has 0 radical (unpaired) electrons. The van der Waals surface area contributed by atoms with Gasteiger partial charge in [-0.3, -0.25) is 10.2 Å². The second-order valence-electron chi connectivity index (χ2n) is 12.8. The minimum Gasteiger partial charge on any atom is -0.480 e. The molecule has 9 heteroatoms. The summed E-state index contributed by atoms with van der Waals surface area (Å²) in [5, 5.41) is 16.4. The maximum atomic E-state index is 13.3. The normalized spacial score (nSPS) is 16.6. The lowest BCUT2D eigenvalue weighted by molar-refractivity contribution is -0.141. The van der Waals surface area contributed by atoms with E-state index < -0.39 is 35.8 Å². The molecule has 51 heavy (non-hydrogen) atoms. The second-order valence-corrected chi connectivity index (χ2v) is 12.8. The summed E-state index contributed by atoms with van der Waals surface area (Å²) < 4.78 is 11.4. The fourth-order valence-corrected chi connectivity index (χ4v) is 7.47. The zero-order valence-electron chi connectivity index (χ0n) is 28.0. The lowest BCUT2D eigenvalue weighted by Crippen LogP contribution is -2.47. The number of aliphatic carboxylic acids is 1. The van der Waals surface area contributed by atoms with E-state index in [4.69, 9.17) is 9.47 Å². The van der Waals surface area contributed by atoms with Crippen molar-refractivity contribution in [3.63, 3.8) is 0 Å². The number of likely N-dealkylation sites (tertiary alicyclic amines) is 1. The molecule has 5 aromatic rings. The van der Waals surface area contributed by atoms with Crippen molar-refractivity contribution in [1.82, 2.24) is 15.5 Å². The van der Waals surface area contributed by atoms with Crippen LogP contribution in [0.25, 0.3) is 11.1 Å². The molecule has 0 unspecified atom stereocenters. The van der Waals surface area contributed by atoms with Crippen LogP contribution in [-0.2, 0) is 19.8 Å². The van der Waals surface area contributed by atoms with Crippen LogP contribution in [0.15, 0.2) is 140 Å². The molecule has 1 aliphatic heterocycles. The quantitative estimate of drug-likeness (QED) is 0.104. The van der Waals surface area contributed by atoms with Gasteiger partial charge in [-0.25, -0.2) is 14.4 Å². The molecule has 2 amide bonds. The van der Waals surface area contributed by atoms with Crippen LogP contribution in [0.5, 0.6) is 0 Å². The first-order valence-electron chi connectivity index (χ1n) is 17.2.